The summed E-state index contributed by atoms with van der Waals surface area (Å²) in [6.45, 7) is 4.57. The molecule has 0 bridgehead atoms. The first-order valence-electron chi connectivity index (χ1n) is 8.47. The molecule has 1 amide bonds. The Kier molecular flexibility index (Phi) is 6.46. The highest BCUT2D eigenvalue weighted by molar-refractivity contribution is 5.91. The van der Waals surface area contributed by atoms with Crippen LogP contribution in [0.25, 0.3) is 0 Å². The fraction of sp³-hybridized carbons (Fsp3) is 0.444. The normalized spacial score (nSPS) is 12.2. The van der Waals surface area contributed by atoms with Gasteiger partial charge in [0.1, 0.15) is 6.26 Å². The second-order valence-corrected chi connectivity index (χ2v) is 6.71. The Hall–Kier alpha value is -2.74. The fourth-order valence-electron chi connectivity index (χ4n) is 2.54. The van der Waals surface area contributed by atoms with E-state index >= 15 is 0 Å². The number of nitro groups is 1. The van der Waals surface area contributed by atoms with E-state index < -0.39 is 4.92 Å². The molecule has 1 unspecified atom stereocenters. The van der Waals surface area contributed by atoms with Crippen molar-refractivity contribution in [1.29, 1.82) is 0 Å². The number of amides is 1. The molecule has 0 saturated carbocycles. The molecular formula is C18H24N4O4. The maximum atomic E-state index is 12.4. The van der Waals surface area contributed by atoms with Gasteiger partial charge in [-0.3, -0.25) is 14.9 Å². The fourth-order valence-corrected chi connectivity index (χ4v) is 2.54. The minimum absolute atomic E-state index is 0.0473. The topological polar surface area (TPSA) is 116 Å². The number of non-ortho nitro benzene ring substituents is 1. The molecule has 8 nitrogen and oxygen atoms in total. The molecule has 0 saturated heterocycles. The largest absolute Gasteiger partial charge is 0.446 e. The van der Waals surface area contributed by atoms with Gasteiger partial charge in [0.15, 0.2) is 5.69 Å². The van der Waals surface area contributed by atoms with E-state index in [1.165, 1.54) is 23.3 Å². The second-order valence-electron chi connectivity index (χ2n) is 6.71. The number of nitro benzene ring substituents is 1. The summed E-state index contributed by atoms with van der Waals surface area (Å²) in [4.78, 5) is 28.4. The number of nitrogens with zero attached hydrogens (tertiary/aromatic N) is 3. The third-order valence-corrected chi connectivity index (χ3v) is 4.01. The highest BCUT2D eigenvalue weighted by atomic mass is 16.6. The van der Waals surface area contributed by atoms with E-state index in [1.807, 2.05) is 0 Å². The lowest BCUT2D eigenvalue weighted by atomic mass is 10.0. The van der Waals surface area contributed by atoms with Crippen molar-refractivity contribution in [1.82, 2.24) is 9.88 Å². The Bertz CT molecular complexity index is 755. The Balaban J connectivity index is 1.93. The molecule has 0 aliphatic heterocycles. The van der Waals surface area contributed by atoms with Crippen molar-refractivity contribution in [3.8, 4) is 0 Å². The smallest absolute Gasteiger partial charge is 0.275 e. The minimum atomic E-state index is -0.439. The van der Waals surface area contributed by atoms with Crippen molar-refractivity contribution in [2.75, 3.05) is 13.6 Å². The maximum Gasteiger partial charge on any atom is 0.275 e. The van der Waals surface area contributed by atoms with Gasteiger partial charge in [0.25, 0.3) is 11.6 Å². The molecule has 26 heavy (non-hydrogen) atoms. The average Bonchev–Trinajstić information content (AvgIpc) is 3.09. The lowest BCUT2D eigenvalue weighted by Gasteiger charge is -2.15. The first-order valence-corrected chi connectivity index (χ1v) is 8.47. The van der Waals surface area contributed by atoms with Crippen LogP contribution in [0.4, 0.5) is 5.69 Å². The number of aromatic nitrogens is 1. The third kappa shape index (κ3) is 5.13. The number of carbonyl (C=O) groups excluding carboxylic acids is 1. The van der Waals surface area contributed by atoms with Crippen LogP contribution in [0, 0.1) is 16.0 Å². The third-order valence-electron chi connectivity index (χ3n) is 4.01. The summed E-state index contributed by atoms with van der Waals surface area (Å²) in [5.74, 6) is 0.518. The first kappa shape index (κ1) is 19.6. The van der Waals surface area contributed by atoms with Crippen LogP contribution in [0.15, 0.2) is 34.9 Å². The predicted octanol–water partition coefficient (Wildman–Crippen LogP) is 2.94. The molecule has 2 N–H and O–H groups in total. The molecule has 0 radical (unpaired) electrons. The molecule has 1 heterocycles. The highest BCUT2D eigenvalue weighted by Gasteiger charge is 2.20. The molecule has 0 fully saturated rings. The van der Waals surface area contributed by atoms with Gasteiger partial charge in [-0.25, -0.2) is 4.98 Å². The van der Waals surface area contributed by atoms with Gasteiger partial charge in [0.05, 0.1) is 11.0 Å². The Morgan fingerprint density at radius 2 is 2.00 bits per heavy atom. The lowest BCUT2D eigenvalue weighted by Crippen LogP contribution is -2.29. The summed E-state index contributed by atoms with van der Waals surface area (Å²) in [7, 11) is 1.68. The molecule has 1 aromatic carbocycles. The summed E-state index contributed by atoms with van der Waals surface area (Å²) >= 11 is 0. The van der Waals surface area contributed by atoms with E-state index in [2.05, 4.69) is 18.8 Å². The molecule has 1 aromatic heterocycles. The number of rotatable bonds is 8. The SMILES string of the molecule is CC(C)CC(N)c1nc(C(=O)N(C)CCc2ccc([N+](=O)[O-])cc2)co1. The summed E-state index contributed by atoms with van der Waals surface area (Å²) in [5.41, 5.74) is 7.21. The zero-order valence-corrected chi connectivity index (χ0v) is 15.2. The number of oxazole rings is 1. The number of hydrogen-bond acceptors (Lipinski definition) is 6. The van der Waals surface area contributed by atoms with Crippen molar-refractivity contribution in [2.24, 2.45) is 11.7 Å². The van der Waals surface area contributed by atoms with Gasteiger partial charge in [0, 0.05) is 25.7 Å². The van der Waals surface area contributed by atoms with Crippen LogP contribution in [-0.2, 0) is 6.42 Å². The summed E-state index contributed by atoms with van der Waals surface area (Å²) < 4.78 is 5.35. The molecule has 2 aromatic rings. The minimum Gasteiger partial charge on any atom is -0.446 e. The first-order chi connectivity index (χ1) is 12.3. The van der Waals surface area contributed by atoms with Crippen LogP contribution in [-0.4, -0.2) is 34.3 Å². The number of carbonyl (C=O) groups is 1. The van der Waals surface area contributed by atoms with Crippen molar-refractivity contribution < 1.29 is 14.1 Å². The molecule has 140 valence electrons. The Morgan fingerprint density at radius 1 is 1.35 bits per heavy atom. The van der Waals surface area contributed by atoms with Gasteiger partial charge < -0.3 is 15.1 Å². The van der Waals surface area contributed by atoms with Gasteiger partial charge in [0.2, 0.25) is 5.89 Å². The summed E-state index contributed by atoms with van der Waals surface area (Å²) in [6, 6.07) is 5.96. The molecule has 2 rings (SSSR count). The zero-order valence-electron chi connectivity index (χ0n) is 15.2. The van der Waals surface area contributed by atoms with Gasteiger partial charge in [-0.15, -0.1) is 0 Å². The van der Waals surface area contributed by atoms with Crippen LogP contribution >= 0.6 is 0 Å². The molecule has 0 aliphatic carbocycles. The molecular weight excluding hydrogens is 336 g/mol. The van der Waals surface area contributed by atoms with Crippen molar-refractivity contribution in [2.45, 2.75) is 32.7 Å². The van der Waals surface area contributed by atoms with Crippen LogP contribution in [0.3, 0.4) is 0 Å². The second kappa shape index (κ2) is 8.57. The maximum absolute atomic E-state index is 12.4. The van der Waals surface area contributed by atoms with Crippen molar-refractivity contribution in [3.63, 3.8) is 0 Å². The number of likely N-dealkylation sites (N-methyl/N-ethyl adjacent to an activating group) is 1. The molecule has 8 heteroatoms. The monoisotopic (exact) mass is 360 g/mol. The van der Waals surface area contributed by atoms with Gasteiger partial charge in [-0.05, 0) is 24.3 Å². The molecule has 1 atom stereocenters. The number of nitrogens with two attached hydrogens (primary N) is 1. The van der Waals surface area contributed by atoms with Crippen LogP contribution in [0.1, 0.15) is 48.3 Å². The van der Waals surface area contributed by atoms with Crippen molar-refractivity contribution >= 4 is 11.6 Å². The summed E-state index contributed by atoms with van der Waals surface area (Å²) in [6.07, 6.45) is 2.64. The molecule has 0 spiro atoms. The number of benzene rings is 1. The quantitative estimate of drug-likeness (QED) is 0.571. The van der Waals surface area contributed by atoms with Crippen LogP contribution < -0.4 is 5.73 Å². The van der Waals surface area contributed by atoms with E-state index in [0.29, 0.717) is 24.8 Å². The predicted molar refractivity (Wildman–Crippen MR) is 96.6 cm³/mol. The van der Waals surface area contributed by atoms with E-state index in [0.717, 1.165) is 12.0 Å². The Labute approximate surface area is 152 Å². The average molecular weight is 360 g/mol. The standard InChI is InChI=1S/C18H24N4O4/c1-12(2)10-15(19)17-20-16(11-26-17)18(23)21(3)9-8-13-4-6-14(7-5-13)22(24)25/h4-7,11-12,15H,8-10,19H2,1-3H3. The number of hydrogen-bond donors (Lipinski definition) is 1. The van der Waals surface area contributed by atoms with Gasteiger partial charge in [-0.1, -0.05) is 26.0 Å². The van der Waals surface area contributed by atoms with Crippen LogP contribution in [0.5, 0.6) is 0 Å². The van der Waals surface area contributed by atoms with E-state index in [9.17, 15) is 14.9 Å². The van der Waals surface area contributed by atoms with Gasteiger partial charge >= 0.3 is 0 Å². The lowest BCUT2D eigenvalue weighted by molar-refractivity contribution is -0.384. The van der Waals surface area contributed by atoms with E-state index in [-0.39, 0.29) is 23.3 Å². The zero-order chi connectivity index (χ0) is 19.3. The van der Waals surface area contributed by atoms with Crippen molar-refractivity contribution in [3.05, 3.63) is 57.8 Å². The Morgan fingerprint density at radius 3 is 2.58 bits per heavy atom. The highest BCUT2D eigenvalue weighted by Crippen LogP contribution is 2.19. The van der Waals surface area contributed by atoms with E-state index in [1.54, 1.807) is 19.2 Å². The van der Waals surface area contributed by atoms with E-state index in [4.69, 9.17) is 10.2 Å². The summed E-state index contributed by atoms with van der Waals surface area (Å²) in [5, 5.41) is 10.7. The molecule has 0 aliphatic rings. The van der Waals surface area contributed by atoms with Crippen LogP contribution in [0.2, 0.25) is 0 Å². The van der Waals surface area contributed by atoms with Gasteiger partial charge in [-0.2, -0.15) is 0 Å².